The maximum atomic E-state index is 12.1. The summed E-state index contributed by atoms with van der Waals surface area (Å²) in [5.41, 5.74) is 1.11. The van der Waals surface area contributed by atoms with Crippen LogP contribution in [0.25, 0.3) is 0 Å². The second-order valence-electron chi connectivity index (χ2n) is 5.61. The highest BCUT2D eigenvalue weighted by molar-refractivity contribution is 7.14. The molecular weight excluding hydrogens is 286 g/mol. The summed E-state index contributed by atoms with van der Waals surface area (Å²) in [4.78, 5) is 25.9. The van der Waals surface area contributed by atoms with Gasteiger partial charge in [-0.2, -0.15) is 0 Å². The molecule has 0 saturated heterocycles. The first kappa shape index (κ1) is 16.0. The van der Waals surface area contributed by atoms with Crippen molar-refractivity contribution in [2.24, 2.45) is 0 Å². The second kappa shape index (κ2) is 7.07. The van der Waals surface area contributed by atoms with E-state index in [9.17, 15) is 9.59 Å². The van der Waals surface area contributed by atoms with Crippen molar-refractivity contribution in [3.8, 4) is 0 Å². The van der Waals surface area contributed by atoms with Gasteiger partial charge in [-0.25, -0.2) is 4.79 Å². The summed E-state index contributed by atoms with van der Waals surface area (Å²) in [6.45, 7) is 5.68. The summed E-state index contributed by atoms with van der Waals surface area (Å²) in [6, 6.07) is 2.09. The predicted molar refractivity (Wildman–Crippen MR) is 83.7 cm³/mol. The minimum Gasteiger partial charge on any atom is -0.448 e. The maximum Gasteiger partial charge on any atom is 0.349 e. The topological polar surface area (TPSA) is 55.4 Å². The van der Waals surface area contributed by atoms with Crippen molar-refractivity contribution in [3.63, 3.8) is 0 Å². The number of hydrogen-bond acceptors (Lipinski definition) is 4. The van der Waals surface area contributed by atoms with Crippen LogP contribution in [0.4, 0.5) is 0 Å². The number of nitrogens with one attached hydrogen (secondary N) is 1. The summed E-state index contributed by atoms with van der Waals surface area (Å²) in [5.74, 6) is -0.601. The number of hydrogen-bond donors (Lipinski definition) is 1. The number of esters is 1. The van der Waals surface area contributed by atoms with E-state index in [1.807, 2.05) is 13.0 Å². The van der Waals surface area contributed by atoms with Gasteiger partial charge in [0.1, 0.15) is 4.88 Å². The van der Waals surface area contributed by atoms with Gasteiger partial charge in [0.05, 0.1) is 0 Å². The summed E-state index contributed by atoms with van der Waals surface area (Å²) in [5, 5.41) is 2.95. The van der Waals surface area contributed by atoms with Crippen LogP contribution >= 0.6 is 11.3 Å². The fourth-order valence-corrected chi connectivity index (χ4v) is 3.63. The van der Waals surface area contributed by atoms with Crippen molar-refractivity contribution >= 4 is 23.2 Å². The van der Waals surface area contributed by atoms with E-state index >= 15 is 0 Å². The molecule has 0 aliphatic heterocycles. The van der Waals surface area contributed by atoms with Crippen molar-refractivity contribution in [1.29, 1.82) is 0 Å². The van der Waals surface area contributed by atoms with E-state index in [1.165, 1.54) is 16.2 Å². The third-order valence-electron chi connectivity index (χ3n) is 3.90. The van der Waals surface area contributed by atoms with Crippen molar-refractivity contribution in [3.05, 3.63) is 21.4 Å². The molecule has 0 aromatic carbocycles. The van der Waals surface area contributed by atoms with Gasteiger partial charge in [0.15, 0.2) is 6.10 Å². The fourth-order valence-electron chi connectivity index (χ4n) is 2.63. The molecule has 116 valence electrons. The van der Waals surface area contributed by atoms with Crippen LogP contribution in [0, 0.1) is 6.92 Å². The standard InChI is InChI=1S/C16H23NO3S/c1-4-13-10(2)9-14(21-13)16(19)20-11(3)15(18)17-12-7-5-6-8-12/h9,11-12H,4-8H2,1-3H3,(H,17,18). The molecule has 1 aromatic rings. The van der Waals surface area contributed by atoms with Crippen LogP contribution in [0.1, 0.15) is 59.6 Å². The average Bonchev–Trinajstić information content (AvgIpc) is 3.07. The minimum absolute atomic E-state index is 0.195. The van der Waals surface area contributed by atoms with Gasteiger partial charge in [0, 0.05) is 10.9 Å². The van der Waals surface area contributed by atoms with Crippen LogP contribution in [-0.4, -0.2) is 24.0 Å². The summed E-state index contributed by atoms with van der Waals surface area (Å²) in [7, 11) is 0. The van der Waals surface area contributed by atoms with Gasteiger partial charge in [-0.1, -0.05) is 19.8 Å². The molecule has 0 spiro atoms. The average molecular weight is 309 g/mol. The van der Waals surface area contributed by atoms with E-state index in [4.69, 9.17) is 4.74 Å². The molecular formula is C16H23NO3S. The Hall–Kier alpha value is -1.36. The van der Waals surface area contributed by atoms with Gasteiger partial charge >= 0.3 is 5.97 Å². The van der Waals surface area contributed by atoms with Crippen molar-refractivity contribution in [2.75, 3.05) is 0 Å². The van der Waals surface area contributed by atoms with Crippen LogP contribution in [0.3, 0.4) is 0 Å². The van der Waals surface area contributed by atoms with Gasteiger partial charge in [0.2, 0.25) is 0 Å². The highest BCUT2D eigenvalue weighted by atomic mass is 32.1. The lowest BCUT2D eigenvalue weighted by molar-refractivity contribution is -0.129. The molecule has 1 aromatic heterocycles. The van der Waals surface area contributed by atoms with E-state index in [-0.39, 0.29) is 11.9 Å². The Morgan fingerprint density at radius 1 is 1.43 bits per heavy atom. The number of aryl methyl sites for hydroxylation is 2. The van der Waals surface area contributed by atoms with Crippen LogP contribution in [0.15, 0.2) is 6.07 Å². The second-order valence-corrected chi connectivity index (χ2v) is 6.74. The molecule has 0 bridgehead atoms. The van der Waals surface area contributed by atoms with Gasteiger partial charge in [-0.3, -0.25) is 4.79 Å². The number of carbonyl (C=O) groups excluding carboxylic acids is 2. The molecule has 0 radical (unpaired) electrons. The third-order valence-corrected chi connectivity index (χ3v) is 5.26. The lowest BCUT2D eigenvalue weighted by Crippen LogP contribution is -2.40. The Labute approximate surface area is 129 Å². The van der Waals surface area contributed by atoms with Gasteiger partial charge in [0.25, 0.3) is 5.91 Å². The Morgan fingerprint density at radius 2 is 2.10 bits per heavy atom. The minimum atomic E-state index is -0.745. The molecule has 1 fully saturated rings. The van der Waals surface area contributed by atoms with E-state index in [1.54, 1.807) is 6.92 Å². The normalized spacial score (nSPS) is 16.7. The zero-order valence-electron chi connectivity index (χ0n) is 12.9. The first-order valence-corrected chi connectivity index (χ1v) is 8.43. The number of rotatable bonds is 5. The monoisotopic (exact) mass is 309 g/mol. The summed E-state index contributed by atoms with van der Waals surface area (Å²) in [6.07, 6.45) is 4.53. The number of ether oxygens (including phenoxy) is 1. The molecule has 1 amide bonds. The molecule has 1 N–H and O–H groups in total. The van der Waals surface area contributed by atoms with Crippen molar-refractivity contribution in [1.82, 2.24) is 5.32 Å². The molecule has 1 unspecified atom stereocenters. The van der Waals surface area contributed by atoms with E-state index in [0.717, 1.165) is 37.7 Å². The number of thiophene rings is 1. The molecule has 1 heterocycles. The van der Waals surface area contributed by atoms with E-state index < -0.39 is 12.1 Å². The molecule has 5 heteroatoms. The predicted octanol–water partition coefficient (Wildman–Crippen LogP) is 3.22. The Kier molecular flexibility index (Phi) is 5.39. The zero-order valence-corrected chi connectivity index (χ0v) is 13.7. The number of amides is 1. The third kappa shape index (κ3) is 4.06. The fraction of sp³-hybridized carbons (Fsp3) is 0.625. The van der Waals surface area contributed by atoms with Gasteiger partial charge in [-0.15, -0.1) is 11.3 Å². The molecule has 2 rings (SSSR count). The van der Waals surface area contributed by atoms with Crippen LogP contribution in [-0.2, 0) is 16.0 Å². The Balaban J connectivity index is 1.89. The number of carbonyl (C=O) groups is 2. The zero-order chi connectivity index (χ0) is 15.4. The first-order chi connectivity index (χ1) is 10.0. The van der Waals surface area contributed by atoms with E-state index in [0.29, 0.717) is 4.88 Å². The lowest BCUT2D eigenvalue weighted by atomic mass is 10.2. The SMILES string of the molecule is CCc1sc(C(=O)OC(C)C(=O)NC2CCCC2)cc1C. The van der Waals surface area contributed by atoms with Crippen LogP contribution in [0.5, 0.6) is 0 Å². The highest BCUT2D eigenvalue weighted by Gasteiger charge is 2.24. The highest BCUT2D eigenvalue weighted by Crippen LogP contribution is 2.23. The first-order valence-electron chi connectivity index (χ1n) is 7.62. The van der Waals surface area contributed by atoms with Crippen molar-refractivity contribution in [2.45, 2.75) is 65.0 Å². The molecule has 1 aliphatic rings. The largest absolute Gasteiger partial charge is 0.448 e. The van der Waals surface area contributed by atoms with Gasteiger partial charge in [-0.05, 0) is 44.7 Å². The molecule has 21 heavy (non-hydrogen) atoms. The summed E-state index contributed by atoms with van der Waals surface area (Å²) >= 11 is 1.45. The molecule has 1 atom stereocenters. The Morgan fingerprint density at radius 3 is 2.67 bits per heavy atom. The van der Waals surface area contributed by atoms with Crippen LogP contribution in [0.2, 0.25) is 0 Å². The van der Waals surface area contributed by atoms with Crippen molar-refractivity contribution < 1.29 is 14.3 Å². The van der Waals surface area contributed by atoms with E-state index in [2.05, 4.69) is 12.2 Å². The molecule has 4 nitrogen and oxygen atoms in total. The lowest BCUT2D eigenvalue weighted by Gasteiger charge is -2.16. The molecule has 1 aliphatic carbocycles. The smallest absolute Gasteiger partial charge is 0.349 e. The molecule has 1 saturated carbocycles. The van der Waals surface area contributed by atoms with Crippen LogP contribution < -0.4 is 5.32 Å². The quantitative estimate of drug-likeness (QED) is 0.850. The summed E-state index contributed by atoms with van der Waals surface area (Å²) < 4.78 is 5.28. The maximum absolute atomic E-state index is 12.1. The van der Waals surface area contributed by atoms with Gasteiger partial charge < -0.3 is 10.1 Å². The Bertz CT molecular complexity index is 518.